The molecule has 0 atom stereocenters. The van der Waals surface area contributed by atoms with E-state index in [9.17, 15) is 4.79 Å². The van der Waals surface area contributed by atoms with Gasteiger partial charge in [-0.25, -0.2) is 0 Å². The summed E-state index contributed by atoms with van der Waals surface area (Å²) in [6.07, 6.45) is 0.678. The van der Waals surface area contributed by atoms with Gasteiger partial charge in [0.15, 0.2) is 0 Å². The standard InChI is InChI=1S/C9H9NO2/c11-6-10-9-2-1-7-4-12-5-8(7)3-9/h1-3,6H,4-5H2,(H,10,11). The molecule has 62 valence electrons. The van der Waals surface area contributed by atoms with E-state index < -0.39 is 0 Å². The maximum absolute atomic E-state index is 10.1. The van der Waals surface area contributed by atoms with Crippen LogP contribution in [0.1, 0.15) is 11.1 Å². The van der Waals surface area contributed by atoms with E-state index in [1.54, 1.807) is 0 Å². The number of benzene rings is 1. The molecule has 2 rings (SSSR count). The lowest BCUT2D eigenvalue weighted by atomic mass is 10.1. The molecule has 0 aliphatic carbocycles. The molecule has 1 aliphatic heterocycles. The summed E-state index contributed by atoms with van der Waals surface area (Å²) in [7, 11) is 0. The minimum Gasteiger partial charge on any atom is -0.372 e. The van der Waals surface area contributed by atoms with Crippen LogP contribution in [0.15, 0.2) is 18.2 Å². The topological polar surface area (TPSA) is 38.3 Å². The first-order chi connectivity index (χ1) is 5.90. The van der Waals surface area contributed by atoms with Crippen molar-refractivity contribution in [2.45, 2.75) is 13.2 Å². The Balaban J connectivity index is 2.32. The van der Waals surface area contributed by atoms with Crippen molar-refractivity contribution in [1.82, 2.24) is 0 Å². The Hall–Kier alpha value is -1.35. The van der Waals surface area contributed by atoms with Gasteiger partial charge in [0, 0.05) is 5.69 Å². The molecule has 0 fully saturated rings. The predicted molar refractivity (Wildman–Crippen MR) is 44.6 cm³/mol. The van der Waals surface area contributed by atoms with Crippen LogP contribution >= 0.6 is 0 Å². The molecule has 1 aliphatic rings. The minimum absolute atomic E-state index is 0.656. The molecule has 0 radical (unpaired) electrons. The Bertz CT molecular complexity index is 309. The summed E-state index contributed by atoms with van der Waals surface area (Å²) in [6.45, 7) is 1.35. The van der Waals surface area contributed by atoms with E-state index >= 15 is 0 Å². The Morgan fingerprint density at radius 2 is 2.17 bits per heavy atom. The van der Waals surface area contributed by atoms with Gasteiger partial charge in [0.1, 0.15) is 0 Å². The minimum atomic E-state index is 0.656. The van der Waals surface area contributed by atoms with Crippen LogP contribution in [0.2, 0.25) is 0 Å². The van der Waals surface area contributed by atoms with Crippen molar-refractivity contribution in [1.29, 1.82) is 0 Å². The maximum atomic E-state index is 10.1. The Morgan fingerprint density at radius 3 is 3.00 bits per heavy atom. The van der Waals surface area contributed by atoms with Gasteiger partial charge in [-0.2, -0.15) is 0 Å². The van der Waals surface area contributed by atoms with Gasteiger partial charge in [-0.15, -0.1) is 0 Å². The van der Waals surface area contributed by atoms with Gasteiger partial charge in [0.25, 0.3) is 0 Å². The highest BCUT2D eigenvalue weighted by Gasteiger charge is 2.10. The Morgan fingerprint density at radius 1 is 1.33 bits per heavy atom. The highest BCUT2D eigenvalue weighted by molar-refractivity contribution is 5.71. The average molecular weight is 163 g/mol. The van der Waals surface area contributed by atoms with E-state index in [1.807, 2.05) is 18.2 Å². The number of ether oxygens (including phenoxy) is 1. The molecular formula is C9H9NO2. The lowest BCUT2D eigenvalue weighted by molar-refractivity contribution is -0.105. The summed E-state index contributed by atoms with van der Waals surface area (Å²) in [6, 6.07) is 5.80. The molecule has 3 heteroatoms. The fourth-order valence-corrected chi connectivity index (χ4v) is 1.33. The van der Waals surface area contributed by atoms with E-state index in [-0.39, 0.29) is 0 Å². The van der Waals surface area contributed by atoms with Gasteiger partial charge in [0.2, 0.25) is 6.41 Å². The molecule has 0 aromatic heterocycles. The maximum Gasteiger partial charge on any atom is 0.211 e. The molecule has 1 amide bonds. The van der Waals surface area contributed by atoms with Crippen LogP contribution in [0.4, 0.5) is 5.69 Å². The third-order valence-electron chi connectivity index (χ3n) is 1.95. The van der Waals surface area contributed by atoms with Gasteiger partial charge >= 0.3 is 0 Å². The van der Waals surface area contributed by atoms with Crippen LogP contribution in [-0.4, -0.2) is 6.41 Å². The summed E-state index contributed by atoms with van der Waals surface area (Å²) in [5.41, 5.74) is 3.21. The van der Waals surface area contributed by atoms with Crippen LogP contribution in [0, 0.1) is 0 Å². The molecule has 0 saturated carbocycles. The van der Waals surface area contributed by atoms with E-state index in [2.05, 4.69) is 5.32 Å². The molecule has 0 bridgehead atoms. The largest absolute Gasteiger partial charge is 0.372 e. The molecular weight excluding hydrogens is 154 g/mol. The summed E-state index contributed by atoms with van der Waals surface area (Å²) in [5, 5.41) is 2.60. The van der Waals surface area contributed by atoms with Gasteiger partial charge in [-0.1, -0.05) is 6.07 Å². The van der Waals surface area contributed by atoms with Gasteiger partial charge in [-0.3, -0.25) is 4.79 Å². The molecule has 1 aromatic carbocycles. The molecule has 0 spiro atoms. The third kappa shape index (κ3) is 1.19. The number of hydrogen-bond donors (Lipinski definition) is 1. The zero-order valence-corrected chi connectivity index (χ0v) is 6.54. The molecule has 3 nitrogen and oxygen atoms in total. The van der Waals surface area contributed by atoms with Crippen molar-refractivity contribution in [3.8, 4) is 0 Å². The first-order valence-corrected chi connectivity index (χ1v) is 3.80. The van der Waals surface area contributed by atoms with Crippen LogP contribution in [0.25, 0.3) is 0 Å². The van der Waals surface area contributed by atoms with Gasteiger partial charge < -0.3 is 10.1 Å². The number of hydrogen-bond acceptors (Lipinski definition) is 2. The van der Waals surface area contributed by atoms with Crippen LogP contribution in [-0.2, 0) is 22.7 Å². The third-order valence-corrected chi connectivity index (χ3v) is 1.95. The molecule has 0 saturated heterocycles. The zero-order valence-electron chi connectivity index (χ0n) is 6.54. The summed E-state index contributed by atoms with van der Waals surface area (Å²) < 4.78 is 5.23. The van der Waals surface area contributed by atoms with E-state index in [0.29, 0.717) is 19.6 Å². The first kappa shape index (κ1) is 7.31. The smallest absolute Gasteiger partial charge is 0.211 e. The van der Waals surface area contributed by atoms with E-state index in [1.165, 1.54) is 11.1 Å². The Labute approximate surface area is 70.3 Å². The first-order valence-electron chi connectivity index (χ1n) is 3.80. The quantitative estimate of drug-likeness (QED) is 0.667. The number of amides is 1. The number of nitrogens with one attached hydrogen (secondary N) is 1. The SMILES string of the molecule is O=CNc1ccc2c(c1)COC2. The van der Waals surface area contributed by atoms with E-state index in [0.717, 1.165) is 5.69 Å². The van der Waals surface area contributed by atoms with E-state index in [4.69, 9.17) is 4.74 Å². The van der Waals surface area contributed by atoms with Crippen molar-refractivity contribution in [2.24, 2.45) is 0 Å². The highest BCUT2D eigenvalue weighted by Crippen LogP contribution is 2.22. The highest BCUT2D eigenvalue weighted by atomic mass is 16.5. The number of carbonyl (C=O) groups is 1. The average Bonchev–Trinajstić information content (AvgIpc) is 2.51. The van der Waals surface area contributed by atoms with Crippen molar-refractivity contribution in [3.63, 3.8) is 0 Å². The molecule has 1 N–H and O–H groups in total. The number of fused-ring (bicyclic) bond motifs is 1. The lowest BCUT2D eigenvalue weighted by Gasteiger charge is -2.00. The molecule has 1 heterocycles. The van der Waals surface area contributed by atoms with Crippen LogP contribution in [0.5, 0.6) is 0 Å². The summed E-state index contributed by atoms with van der Waals surface area (Å²) in [5.74, 6) is 0. The van der Waals surface area contributed by atoms with Gasteiger partial charge in [-0.05, 0) is 23.3 Å². The number of anilines is 1. The fraction of sp³-hybridized carbons (Fsp3) is 0.222. The van der Waals surface area contributed by atoms with Crippen molar-refractivity contribution in [2.75, 3.05) is 5.32 Å². The second-order valence-corrected chi connectivity index (χ2v) is 2.74. The second kappa shape index (κ2) is 2.95. The van der Waals surface area contributed by atoms with Crippen molar-refractivity contribution >= 4 is 12.1 Å². The monoisotopic (exact) mass is 163 g/mol. The molecule has 1 aromatic rings. The Kier molecular flexibility index (Phi) is 1.80. The normalized spacial score (nSPS) is 14.0. The lowest BCUT2D eigenvalue weighted by Crippen LogP contribution is -1.94. The zero-order chi connectivity index (χ0) is 8.39. The summed E-state index contributed by atoms with van der Waals surface area (Å²) >= 11 is 0. The van der Waals surface area contributed by atoms with Crippen molar-refractivity contribution < 1.29 is 9.53 Å². The van der Waals surface area contributed by atoms with Gasteiger partial charge in [0.05, 0.1) is 13.2 Å². The predicted octanol–water partition coefficient (Wildman–Crippen LogP) is 1.29. The van der Waals surface area contributed by atoms with Crippen LogP contribution in [0.3, 0.4) is 0 Å². The summed E-state index contributed by atoms with van der Waals surface area (Å²) in [4.78, 5) is 10.1. The van der Waals surface area contributed by atoms with Crippen LogP contribution < -0.4 is 5.32 Å². The molecule has 0 unspecified atom stereocenters. The number of carbonyl (C=O) groups excluding carboxylic acids is 1. The van der Waals surface area contributed by atoms with Crippen molar-refractivity contribution in [3.05, 3.63) is 29.3 Å². The second-order valence-electron chi connectivity index (χ2n) is 2.74. The molecule has 12 heavy (non-hydrogen) atoms. The number of rotatable bonds is 2. The fourth-order valence-electron chi connectivity index (χ4n) is 1.33.